The van der Waals surface area contributed by atoms with Crippen LogP contribution in [0.3, 0.4) is 0 Å². The largest absolute Gasteiger partial charge is 0.462 e. The van der Waals surface area contributed by atoms with Gasteiger partial charge in [0.05, 0.1) is 6.10 Å². The third kappa shape index (κ3) is 6.75. The van der Waals surface area contributed by atoms with Crippen molar-refractivity contribution in [2.75, 3.05) is 12.3 Å². The number of anilines is 1. The SMILES string of the molecule is CC(C)OC(=O)[C@H](C)NP(=S)(OC[C@@]1(F)O[C@@H](n2ccc(N)nc2=O)[C@](C)(O)[C@@H]1O)Oc1ccc2ccccc2c1. The summed E-state index contributed by atoms with van der Waals surface area (Å²) in [7, 11) is 0. The van der Waals surface area contributed by atoms with Gasteiger partial charge in [0.25, 0.3) is 5.85 Å². The van der Waals surface area contributed by atoms with Gasteiger partial charge in [0, 0.05) is 6.20 Å². The predicted octanol–water partition coefficient (Wildman–Crippen LogP) is 2.54. The highest BCUT2D eigenvalue weighted by atomic mass is 32.5. The number of halogens is 1. The number of fused-ring (bicyclic) bond motifs is 1. The maximum Gasteiger partial charge on any atom is 0.351 e. The van der Waals surface area contributed by atoms with E-state index in [4.69, 9.17) is 36.1 Å². The number of nitrogens with one attached hydrogen (secondary N) is 1. The van der Waals surface area contributed by atoms with Gasteiger partial charge in [0.2, 0.25) is 0 Å². The summed E-state index contributed by atoms with van der Waals surface area (Å²) >= 11 is 5.66. The van der Waals surface area contributed by atoms with Crippen LogP contribution in [0.25, 0.3) is 10.8 Å². The molecule has 1 unspecified atom stereocenters. The molecule has 1 saturated heterocycles. The second-order valence-electron chi connectivity index (χ2n) is 10.1. The molecule has 0 saturated carbocycles. The minimum absolute atomic E-state index is 0.0954. The summed E-state index contributed by atoms with van der Waals surface area (Å²) < 4.78 is 39.3. The predicted molar refractivity (Wildman–Crippen MR) is 152 cm³/mol. The van der Waals surface area contributed by atoms with Crippen LogP contribution in [0.5, 0.6) is 5.75 Å². The van der Waals surface area contributed by atoms with Gasteiger partial charge in [-0.25, -0.2) is 14.3 Å². The van der Waals surface area contributed by atoms with E-state index in [0.29, 0.717) is 0 Å². The fourth-order valence-electron chi connectivity index (χ4n) is 4.25. The lowest BCUT2D eigenvalue weighted by Crippen LogP contribution is -2.50. The first-order valence-corrected chi connectivity index (χ1v) is 15.3. The average molecular weight is 611 g/mol. The lowest BCUT2D eigenvalue weighted by molar-refractivity contribution is -0.203. The van der Waals surface area contributed by atoms with E-state index in [1.54, 1.807) is 32.0 Å². The number of rotatable bonds is 10. The van der Waals surface area contributed by atoms with Crippen molar-refractivity contribution in [3.63, 3.8) is 0 Å². The van der Waals surface area contributed by atoms with Gasteiger partial charge in [-0.2, -0.15) is 4.98 Å². The van der Waals surface area contributed by atoms with Crippen molar-refractivity contribution in [1.82, 2.24) is 14.6 Å². The highest BCUT2D eigenvalue weighted by Crippen LogP contribution is 2.50. The molecule has 3 aromatic rings. The molecule has 2 aromatic carbocycles. The number of ether oxygens (including phenoxy) is 2. The fraction of sp³-hybridized carbons (Fsp3) is 0.423. The Bertz CT molecular complexity index is 1540. The monoisotopic (exact) mass is 610 g/mol. The van der Waals surface area contributed by atoms with E-state index in [2.05, 4.69) is 10.1 Å². The summed E-state index contributed by atoms with van der Waals surface area (Å²) in [6, 6.07) is 12.8. The first-order chi connectivity index (χ1) is 19.1. The number of aliphatic hydroxyl groups is 2. The van der Waals surface area contributed by atoms with Gasteiger partial charge in [-0.05, 0) is 68.5 Å². The van der Waals surface area contributed by atoms with Crippen molar-refractivity contribution in [1.29, 1.82) is 0 Å². The maximum absolute atomic E-state index is 16.2. The van der Waals surface area contributed by atoms with Gasteiger partial charge in [-0.15, -0.1) is 0 Å². The zero-order chi connectivity index (χ0) is 30.2. The number of benzene rings is 2. The molecule has 0 amide bonds. The summed E-state index contributed by atoms with van der Waals surface area (Å²) in [5, 5.41) is 26.3. The number of esters is 1. The third-order valence-electron chi connectivity index (χ3n) is 6.31. The molecule has 12 nitrogen and oxygen atoms in total. The van der Waals surface area contributed by atoms with Gasteiger partial charge in [-0.3, -0.25) is 9.36 Å². The zero-order valence-electron chi connectivity index (χ0n) is 22.8. The van der Waals surface area contributed by atoms with Crippen LogP contribution in [0.15, 0.2) is 59.5 Å². The number of nitrogen functional groups attached to an aromatic ring is 1. The number of hydrogen-bond acceptors (Lipinski definition) is 11. The molecule has 5 N–H and O–H groups in total. The molecular weight excluding hydrogens is 578 g/mol. The molecule has 222 valence electrons. The van der Waals surface area contributed by atoms with Crippen LogP contribution in [0.1, 0.15) is 33.9 Å². The quantitative estimate of drug-likeness (QED) is 0.196. The van der Waals surface area contributed by atoms with Crippen LogP contribution >= 0.6 is 6.64 Å². The van der Waals surface area contributed by atoms with Gasteiger partial charge < -0.3 is 34.5 Å². The average Bonchev–Trinajstić information content (AvgIpc) is 3.07. The number of hydrogen-bond donors (Lipinski definition) is 4. The fourth-order valence-corrected chi connectivity index (χ4v) is 6.63. The van der Waals surface area contributed by atoms with Crippen molar-refractivity contribution in [2.24, 2.45) is 0 Å². The smallest absolute Gasteiger partial charge is 0.351 e. The Labute approximate surface area is 240 Å². The summed E-state index contributed by atoms with van der Waals surface area (Å²) in [5.41, 5.74) is 2.28. The summed E-state index contributed by atoms with van der Waals surface area (Å²) in [5.74, 6) is -3.53. The van der Waals surface area contributed by atoms with Gasteiger partial charge in [-0.1, -0.05) is 30.3 Å². The van der Waals surface area contributed by atoms with E-state index >= 15 is 4.39 Å². The minimum atomic E-state index is -3.77. The molecule has 15 heteroatoms. The molecule has 0 bridgehead atoms. The van der Waals surface area contributed by atoms with E-state index in [1.807, 2.05) is 24.3 Å². The molecule has 0 spiro atoms. The van der Waals surface area contributed by atoms with E-state index in [1.165, 1.54) is 13.0 Å². The molecule has 2 heterocycles. The molecule has 4 rings (SSSR count). The molecule has 6 atom stereocenters. The van der Waals surface area contributed by atoms with Crippen LogP contribution in [-0.4, -0.2) is 62.0 Å². The Balaban J connectivity index is 1.61. The summed E-state index contributed by atoms with van der Waals surface area (Å²) in [4.78, 5) is 28.5. The molecule has 1 aliphatic rings. The standard InChI is InChI=1S/C26H32FN4O8PS/c1-15(2)37-21(32)16(3)30-40(41,39-19-10-9-17-7-5-6-8-18(17)13-19)36-14-26(27)22(33)25(4,35)23(38-26)31-12-11-20(28)29-24(31)34/h5-13,15-16,22-23,33,35H,14H2,1-4H3,(H,30,41)(H2,28,29,34)/t16-,22-,23+,25+,26+,40?/m0/s1. The zero-order valence-corrected chi connectivity index (χ0v) is 24.5. The van der Waals surface area contributed by atoms with Crippen molar-refractivity contribution < 1.29 is 37.9 Å². The molecule has 1 fully saturated rings. The second kappa shape index (κ2) is 11.7. The molecule has 0 radical (unpaired) electrons. The first kappa shape index (κ1) is 31.0. The number of carbonyl (C=O) groups is 1. The van der Waals surface area contributed by atoms with Gasteiger partial charge in [0.15, 0.2) is 6.23 Å². The van der Waals surface area contributed by atoms with Crippen LogP contribution in [0.4, 0.5) is 10.2 Å². The molecule has 1 aliphatic heterocycles. The van der Waals surface area contributed by atoms with Crippen molar-refractivity contribution in [3.05, 3.63) is 65.2 Å². The molecular formula is C26H32FN4O8PS. The van der Waals surface area contributed by atoms with Crippen LogP contribution < -0.4 is 21.0 Å². The number of nitrogens with zero attached hydrogens (tertiary/aromatic N) is 2. The van der Waals surface area contributed by atoms with Gasteiger partial charge in [0.1, 0.15) is 35.9 Å². The van der Waals surface area contributed by atoms with Crippen molar-refractivity contribution >= 4 is 41.0 Å². The molecule has 0 aliphatic carbocycles. The second-order valence-corrected chi connectivity index (χ2v) is 13.3. The third-order valence-corrected chi connectivity index (χ3v) is 8.79. The number of aliphatic hydroxyl groups excluding tert-OH is 1. The summed E-state index contributed by atoms with van der Waals surface area (Å²) in [6.45, 7) is 1.12. The van der Waals surface area contributed by atoms with Crippen LogP contribution in [0, 0.1) is 0 Å². The summed E-state index contributed by atoms with van der Waals surface area (Å²) in [6.07, 6.45) is -3.15. The Kier molecular flexibility index (Phi) is 8.86. The van der Waals surface area contributed by atoms with Crippen molar-refractivity contribution in [2.45, 2.75) is 63.6 Å². The Morgan fingerprint density at radius 2 is 1.95 bits per heavy atom. The van der Waals surface area contributed by atoms with E-state index < -0.39 is 60.8 Å². The Hall–Kier alpha value is -2.97. The number of nitrogens with two attached hydrogens (primary N) is 1. The minimum Gasteiger partial charge on any atom is -0.462 e. The Morgan fingerprint density at radius 1 is 1.27 bits per heavy atom. The van der Waals surface area contributed by atoms with E-state index in [0.717, 1.165) is 28.5 Å². The topological polar surface area (TPSA) is 167 Å². The number of alkyl halides is 1. The lowest BCUT2D eigenvalue weighted by atomic mass is 9.95. The van der Waals surface area contributed by atoms with Crippen LogP contribution in [0.2, 0.25) is 0 Å². The van der Waals surface area contributed by atoms with Crippen molar-refractivity contribution in [3.8, 4) is 5.75 Å². The molecule has 41 heavy (non-hydrogen) atoms. The van der Waals surface area contributed by atoms with Gasteiger partial charge >= 0.3 is 18.3 Å². The number of aromatic nitrogens is 2. The lowest BCUT2D eigenvalue weighted by Gasteiger charge is -2.31. The Morgan fingerprint density at radius 3 is 2.61 bits per heavy atom. The first-order valence-electron chi connectivity index (χ1n) is 12.7. The van der Waals surface area contributed by atoms with E-state index in [9.17, 15) is 19.8 Å². The van der Waals surface area contributed by atoms with Crippen LogP contribution in [-0.2, 0) is 30.6 Å². The maximum atomic E-state index is 16.2. The normalized spacial score (nSPS) is 26.5. The highest BCUT2D eigenvalue weighted by Gasteiger charge is 2.63. The molecule has 1 aromatic heterocycles. The highest BCUT2D eigenvalue weighted by molar-refractivity contribution is 8.09. The number of carbonyl (C=O) groups excluding carboxylic acids is 1. The van der Waals surface area contributed by atoms with E-state index in [-0.39, 0.29) is 11.6 Å².